The van der Waals surface area contributed by atoms with Crippen LogP contribution in [0.25, 0.3) is 11.1 Å². The van der Waals surface area contributed by atoms with Gasteiger partial charge in [-0.25, -0.2) is 0 Å². The van der Waals surface area contributed by atoms with Crippen LogP contribution < -0.4 is 11.1 Å². The third-order valence-electron chi connectivity index (χ3n) is 5.45. The number of carbonyl (C=O) groups excluding carboxylic acids is 1. The maximum atomic E-state index is 12.6. The molecule has 2 aliphatic rings. The van der Waals surface area contributed by atoms with E-state index in [2.05, 4.69) is 17.6 Å². The molecule has 4 N–H and O–H groups in total. The number of nitrogens with zero attached hydrogens (tertiary/aromatic N) is 2. The van der Waals surface area contributed by atoms with Crippen LogP contribution in [0.2, 0.25) is 0 Å². The van der Waals surface area contributed by atoms with Crippen LogP contribution in [0.5, 0.6) is 0 Å². The molecule has 26 heavy (non-hydrogen) atoms. The average Bonchev–Trinajstić information content (AvgIpc) is 3.06. The summed E-state index contributed by atoms with van der Waals surface area (Å²) in [6.07, 6.45) is 4.72. The summed E-state index contributed by atoms with van der Waals surface area (Å²) in [5.74, 6) is -0.000337. The summed E-state index contributed by atoms with van der Waals surface area (Å²) >= 11 is 0. The molecule has 2 aliphatic heterocycles. The molecule has 4 rings (SSSR count). The third-order valence-corrected chi connectivity index (χ3v) is 5.45. The number of amides is 1. The van der Waals surface area contributed by atoms with Gasteiger partial charge in [0.15, 0.2) is 6.19 Å². The number of fused-ring (bicyclic) bond motifs is 1. The van der Waals surface area contributed by atoms with E-state index in [1.165, 1.54) is 6.21 Å². The van der Waals surface area contributed by atoms with E-state index in [-0.39, 0.29) is 5.91 Å². The van der Waals surface area contributed by atoms with Crippen LogP contribution in [-0.2, 0) is 11.2 Å². The van der Waals surface area contributed by atoms with Crippen molar-refractivity contribution >= 4 is 23.5 Å². The molecule has 130 valence electrons. The number of carbonyl (C=O) groups is 1. The van der Waals surface area contributed by atoms with Gasteiger partial charge in [0.05, 0.1) is 5.41 Å². The number of nitrogen functional groups attached to an aromatic ring is 1. The highest BCUT2D eigenvalue weighted by atomic mass is 16.2. The molecule has 1 atom stereocenters. The number of benzene rings is 2. The zero-order valence-corrected chi connectivity index (χ0v) is 14.2. The second-order valence-corrected chi connectivity index (χ2v) is 7.01. The number of nitrogens with one attached hydrogen (secondary N) is 2. The second-order valence-electron chi connectivity index (χ2n) is 7.01. The minimum atomic E-state index is -0.540. The molecular weight excluding hydrogens is 326 g/mol. The summed E-state index contributed by atoms with van der Waals surface area (Å²) in [7, 11) is 0. The first kappa shape index (κ1) is 16.2. The summed E-state index contributed by atoms with van der Waals surface area (Å²) in [5.41, 5.74) is 10.5. The highest BCUT2D eigenvalue weighted by Crippen LogP contribution is 2.42. The van der Waals surface area contributed by atoms with Crippen molar-refractivity contribution in [1.29, 1.82) is 10.7 Å². The number of nitriles is 1. The van der Waals surface area contributed by atoms with Crippen LogP contribution in [0.4, 0.5) is 11.4 Å². The van der Waals surface area contributed by atoms with Gasteiger partial charge < -0.3 is 21.4 Å². The maximum absolute atomic E-state index is 12.6. The Morgan fingerprint density at radius 2 is 2.19 bits per heavy atom. The molecule has 0 aliphatic carbocycles. The summed E-state index contributed by atoms with van der Waals surface area (Å²) in [6, 6.07) is 11.5. The number of nitrogens with two attached hydrogens (primary N) is 1. The maximum Gasteiger partial charge on any atom is 0.232 e. The first-order valence-electron chi connectivity index (χ1n) is 8.55. The van der Waals surface area contributed by atoms with Gasteiger partial charge in [-0.2, -0.15) is 5.26 Å². The zero-order valence-electron chi connectivity index (χ0n) is 14.2. The number of anilines is 2. The average molecular weight is 345 g/mol. The summed E-state index contributed by atoms with van der Waals surface area (Å²) < 4.78 is 0. The highest BCUT2D eigenvalue weighted by molar-refractivity contribution is 6.00. The van der Waals surface area contributed by atoms with Gasteiger partial charge in [0, 0.05) is 36.2 Å². The Balaban J connectivity index is 1.75. The fourth-order valence-corrected chi connectivity index (χ4v) is 4.01. The van der Waals surface area contributed by atoms with Gasteiger partial charge in [0.2, 0.25) is 5.91 Å². The molecule has 0 aromatic heterocycles. The molecule has 0 bridgehead atoms. The largest absolute Gasteiger partial charge is 0.398 e. The number of rotatable bonds is 2. The lowest BCUT2D eigenvalue weighted by Crippen LogP contribution is -2.43. The van der Waals surface area contributed by atoms with E-state index in [0.717, 1.165) is 22.4 Å². The lowest BCUT2D eigenvalue weighted by molar-refractivity contribution is -0.125. The molecule has 6 heteroatoms. The van der Waals surface area contributed by atoms with Gasteiger partial charge >= 0.3 is 0 Å². The molecule has 2 aromatic carbocycles. The van der Waals surface area contributed by atoms with Gasteiger partial charge in [0.25, 0.3) is 0 Å². The third kappa shape index (κ3) is 2.40. The topological polar surface area (TPSA) is 106 Å². The molecule has 1 amide bonds. The quantitative estimate of drug-likeness (QED) is 0.442. The fraction of sp³-hybridized carbons (Fsp3) is 0.250. The Bertz CT molecular complexity index is 961. The van der Waals surface area contributed by atoms with E-state index >= 15 is 0 Å². The summed E-state index contributed by atoms with van der Waals surface area (Å²) in [4.78, 5) is 14.3. The van der Waals surface area contributed by atoms with Gasteiger partial charge in [-0.05, 0) is 47.7 Å². The molecule has 1 saturated heterocycles. The highest BCUT2D eigenvalue weighted by Gasteiger charge is 2.47. The normalized spacial score (nSPS) is 21.2. The molecule has 1 spiro atoms. The summed E-state index contributed by atoms with van der Waals surface area (Å²) in [6.45, 7) is 1.08. The molecule has 1 fully saturated rings. The minimum absolute atomic E-state index is 0.000337. The summed E-state index contributed by atoms with van der Waals surface area (Å²) in [5, 5.41) is 19.8. The van der Waals surface area contributed by atoms with Crippen LogP contribution in [0.3, 0.4) is 0 Å². The van der Waals surface area contributed by atoms with Crippen molar-refractivity contribution < 1.29 is 4.79 Å². The number of likely N-dealkylation sites (tertiary alicyclic amines) is 1. The molecule has 2 aromatic rings. The van der Waals surface area contributed by atoms with E-state index < -0.39 is 5.41 Å². The smallest absolute Gasteiger partial charge is 0.232 e. The van der Waals surface area contributed by atoms with Gasteiger partial charge in [-0.1, -0.05) is 18.2 Å². The van der Waals surface area contributed by atoms with Gasteiger partial charge in [-0.3, -0.25) is 4.79 Å². The Labute approximate surface area is 151 Å². The Morgan fingerprint density at radius 1 is 1.35 bits per heavy atom. The van der Waals surface area contributed by atoms with Crippen molar-refractivity contribution in [3.8, 4) is 17.3 Å². The molecule has 6 nitrogen and oxygen atoms in total. The first-order chi connectivity index (χ1) is 12.6. The van der Waals surface area contributed by atoms with Crippen LogP contribution in [0.15, 0.2) is 36.4 Å². The van der Waals surface area contributed by atoms with E-state index in [4.69, 9.17) is 16.4 Å². The van der Waals surface area contributed by atoms with E-state index in [1.807, 2.05) is 24.3 Å². The molecule has 1 unspecified atom stereocenters. The predicted octanol–water partition coefficient (Wildman–Crippen LogP) is 2.60. The van der Waals surface area contributed by atoms with E-state index in [0.29, 0.717) is 37.2 Å². The van der Waals surface area contributed by atoms with Crippen molar-refractivity contribution in [2.45, 2.75) is 12.8 Å². The van der Waals surface area contributed by atoms with Crippen molar-refractivity contribution in [2.24, 2.45) is 5.41 Å². The standard InChI is InChI=1S/C20H19N5O/c21-10-16-15(2-1-3-17(16)23)13-4-5-18-14(8-13)9-20(19(26)24-18)6-7-25(11-20)12-22/h1-5,8,10,21H,6-7,9,11,23H2,(H,24,26). The zero-order chi connectivity index (χ0) is 18.3. The van der Waals surface area contributed by atoms with E-state index in [9.17, 15) is 4.79 Å². The first-order valence-corrected chi connectivity index (χ1v) is 8.55. The van der Waals surface area contributed by atoms with Crippen molar-refractivity contribution in [2.75, 3.05) is 24.1 Å². The SMILES string of the molecule is N#CN1CCC2(Cc3cc(-c4cccc(N)c4C=N)ccc3NC2=O)C1. The Kier molecular flexibility index (Phi) is 3.66. The second kappa shape index (κ2) is 5.88. The van der Waals surface area contributed by atoms with Crippen molar-refractivity contribution in [3.63, 3.8) is 0 Å². The van der Waals surface area contributed by atoms with E-state index in [1.54, 1.807) is 11.0 Å². The molecule has 2 heterocycles. The Hall–Kier alpha value is -3.33. The molecule has 0 saturated carbocycles. The number of hydrogen-bond acceptors (Lipinski definition) is 5. The van der Waals surface area contributed by atoms with Gasteiger partial charge in [-0.15, -0.1) is 0 Å². The molecule has 0 radical (unpaired) electrons. The predicted molar refractivity (Wildman–Crippen MR) is 101 cm³/mol. The minimum Gasteiger partial charge on any atom is -0.398 e. The lowest BCUT2D eigenvalue weighted by atomic mass is 9.76. The lowest BCUT2D eigenvalue weighted by Gasteiger charge is -2.33. The van der Waals surface area contributed by atoms with Crippen LogP contribution >= 0.6 is 0 Å². The van der Waals surface area contributed by atoms with Gasteiger partial charge in [0.1, 0.15) is 0 Å². The fourth-order valence-electron chi connectivity index (χ4n) is 4.01. The van der Waals surface area contributed by atoms with Crippen LogP contribution in [-0.4, -0.2) is 30.1 Å². The van der Waals surface area contributed by atoms with Crippen molar-refractivity contribution in [3.05, 3.63) is 47.5 Å². The van der Waals surface area contributed by atoms with Crippen molar-refractivity contribution in [1.82, 2.24) is 4.90 Å². The Morgan fingerprint density at radius 3 is 2.92 bits per heavy atom. The van der Waals surface area contributed by atoms with Crippen LogP contribution in [0, 0.1) is 22.3 Å². The molecular formula is C20H19N5O. The number of hydrogen-bond donors (Lipinski definition) is 3. The monoisotopic (exact) mass is 345 g/mol. The van der Waals surface area contributed by atoms with Crippen LogP contribution in [0.1, 0.15) is 17.5 Å².